The van der Waals surface area contributed by atoms with Gasteiger partial charge in [-0.2, -0.15) is 5.10 Å². The monoisotopic (exact) mass is 707 g/mol. The van der Waals surface area contributed by atoms with E-state index >= 15 is 4.39 Å². The number of carbonyl (C=O) groups excluding carboxylic acids is 2. The molecule has 0 bridgehead atoms. The fourth-order valence-electron chi connectivity index (χ4n) is 6.64. The molecule has 2 atom stereocenters. The molecule has 0 unspecified atom stereocenters. The van der Waals surface area contributed by atoms with E-state index in [1.165, 1.54) is 10.7 Å². The number of methoxy groups -OCH3 is 1. The molecule has 2 radical (unpaired) electrons. The van der Waals surface area contributed by atoms with Crippen LogP contribution >= 0.6 is 0 Å². The first kappa shape index (κ1) is 39.1. The highest BCUT2D eigenvalue weighted by molar-refractivity contribution is 6.43. The molecule has 1 saturated heterocycles. The molecular weight excluding hydrogens is 657 g/mol. The number of alkyl halides is 1. The lowest BCUT2D eigenvalue weighted by Crippen LogP contribution is -2.49. The predicted octanol–water partition coefficient (Wildman–Crippen LogP) is 6.85. The fraction of sp³-hybridized carbons (Fsp3) is 0.538. The van der Waals surface area contributed by atoms with Crippen molar-refractivity contribution in [3.8, 4) is 16.9 Å². The van der Waals surface area contributed by atoms with Crippen molar-refractivity contribution in [3.05, 3.63) is 80.0 Å². The molecule has 0 amide bonds. The minimum absolute atomic E-state index is 0.0200. The molecule has 1 fully saturated rings. The SMILES string of the molecule is CCOC(=O)C[C@H](CCC(=O)[C@H]([Si]CC(C)C)n1nc(CCN2CC(F)C2)c(C)cc1=O)c1cc(-c2c(C)cc(OC)cc2C)cc(C)c1F. The molecule has 270 valence electrons. The van der Waals surface area contributed by atoms with Crippen molar-refractivity contribution in [2.45, 2.75) is 97.9 Å². The van der Waals surface area contributed by atoms with E-state index in [9.17, 15) is 18.8 Å². The van der Waals surface area contributed by atoms with E-state index in [2.05, 4.69) is 13.8 Å². The Morgan fingerprint density at radius 2 is 1.70 bits per heavy atom. The van der Waals surface area contributed by atoms with E-state index in [0.717, 1.165) is 39.6 Å². The van der Waals surface area contributed by atoms with Gasteiger partial charge in [0.15, 0.2) is 5.78 Å². The van der Waals surface area contributed by atoms with E-state index in [4.69, 9.17) is 14.6 Å². The molecule has 3 aromatic rings. The zero-order chi connectivity index (χ0) is 36.7. The number of nitrogens with zero attached hydrogens (tertiary/aromatic N) is 3. The molecule has 2 heterocycles. The summed E-state index contributed by atoms with van der Waals surface area (Å²) in [5.41, 5.74) is 4.81. The molecule has 2 aromatic carbocycles. The van der Waals surface area contributed by atoms with Gasteiger partial charge in [0.25, 0.3) is 5.56 Å². The Bertz CT molecular complexity index is 1710. The number of Topliss-reactive ketones (excluding diaryl/α,β-unsaturated/α-hetero) is 1. The number of esters is 1. The van der Waals surface area contributed by atoms with E-state index in [0.29, 0.717) is 48.8 Å². The highest BCUT2D eigenvalue weighted by Crippen LogP contribution is 2.37. The average molecular weight is 708 g/mol. The normalized spacial score (nSPS) is 14.8. The number of rotatable bonds is 17. The fourth-order valence-corrected chi connectivity index (χ4v) is 8.06. The van der Waals surface area contributed by atoms with Crippen LogP contribution in [0.15, 0.2) is 35.1 Å². The van der Waals surface area contributed by atoms with Crippen LogP contribution in [0.25, 0.3) is 11.1 Å². The molecular formula is C39H51F2N3O5Si. The average Bonchev–Trinajstić information content (AvgIpc) is 3.03. The third-order valence-corrected chi connectivity index (χ3v) is 11.3. The van der Waals surface area contributed by atoms with Gasteiger partial charge in [-0.15, -0.1) is 0 Å². The zero-order valence-corrected chi connectivity index (χ0v) is 31.7. The van der Waals surface area contributed by atoms with Gasteiger partial charge in [0, 0.05) is 38.5 Å². The van der Waals surface area contributed by atoms with Gasteiger partial charge in [-0.05, 0) is 116 Å². The lowest BCUT2D eigenvalue weighted by Gasteiger charge is -2.34. The Hall–Kier alpha value is -3.70. The van der Waals surface area contributed by atoms with Crippen LogP contribution in [0.5, 0.6) is 5.75 Å². The molecule has 11 heteroatoms. The topological polar surface area (TPSA) is 90.7 Å². The minimum Gasteiger partial charge on any atom is -0.497 e. The number of hydrogen-bond acceptors (Lipinski definition) is 7. The Morgan fingerprint density at radius 3 is 2.30 bits per heavy atom. The summed E-state index contributed by atoms with van der Waals surface area (Å²) in [5, 5.41) is 4.71. The lowest BCUT2D eigenvalue weighted by atomic mass is 9.85. The molecule has 0 spiro atoms. The Kier molecular flexibility index (Phi) is 13.7. The quantitative estimate of drug-likeness (QED) is 0.112. The van der Waals surface area contributed by atoms with Crippen LogP contribution in [0.1, 0.15) is 85.1 Å². The summed E-state index contributed by atoms with van der Waals surface area (Å²) in [7, 11) is 1.72. The number of halogens is 2. The number of aryl methyl sites for hydroxylation is 4. The van der Waals surface area contributed by atoms with Crippen molar-refractivity contribution in [2.24, 2.45) is 5.92 Å². The molecule has 0 saturated carbocycles. The van der Waals surface area contributed by atoms with Gasteiger partial charge in [-0.1, -0.05) is 19.9 Å². The standard InChI is InChI=1S/C39H51F2N3O5Si/c1-9-49-36(47)19-28(32-18-29(14-27(7)38(32)41)37-25(5)15-31(48-8)16-26(37)6)10-11-34(45)39(50-22-23(2)3)44-35(46)17-24(4)33(42-44)12-13-43-20-30(40)21-43/h14-18,23,28,30,39H,9-13,19-22H2,1-8H3/t28-,39-/m0/s1. The summed E-state index contributed by atoms with van der Waals surface area (Å²) >= 11 is 0. The number of ether oxygens (including phenoxy) is 2. The minimum atomic E-state index is -0.805. The number of hydrogen-bond donors (Lipinski definition) is 0. The Morgan fingerprint density at radius 1 is 1.02 bits per heavy atom. The number of aromatic nitrogens is 2. The van der Waals surface area contributed by atoms with E-state index in [1.807, 2.05) is 37.8 Å². The Balaban J connectivity index is 1.67. The molecule has 8 nitrogen and oxygen atoms in total. The Labute approximate surface area is 297 Å². The van der Waals surface area contributed by atoms with Crippen molar-refractivity contribution in [3.63, 3.8) is 0 Å². The predicted molar refractivity (Wildman–Crippen MR) is 194 cm³/mol. The maximum atomic E-state index is 16.0. The van der Waals surface area contributed by atoms with Crippen LogP contribution in [-0.4, -0.2) is 75.5 Å². The van der Waals surface area contributed by atoms with Crippen LogP contribution in [0.2, 0.25) is 6.04 Å². The van der Waals surface area contributed by atoms with Crippen molar-refractivity contribution in [1.29, 1.82) is 0 Å². The van der Waals surface area contributed by atoms with E-state index in [1.54, 1.807) is 33.1 Å². The summed E-state index contributed by atoms with van der Waals surface area (Å²) in [6.07, 6.45) is -0.152. The van der Waals surface area contributed by atoms with Crippen LogP contribution in [-0.2, 0) is 20.7 Å². The van der Waals surface area contributed by atoms with Crippen LogP contribution < -0.4 is 10.3 Å². The van der Waals surface area contributed by atoms with Crippen LogP contribution in [0.4, 0.5) is 8.78 Å². The van der Waals surface area contributed by atoms with Gasteiger partial charge in [0.1, 0.15) is 17.7 Å². The highest BCUT2D eigenvalue weighted by atomic mass is 28.2. The molecule has 1 aliphatic rings. The van der Waals surface area contributed by atoms with Gasteiger partial charge in [0.05, 0.1) is 41.0 Å². The third kappa shape index (κ3) is 9.75. The third-order valence-electron chi connectivity index (χ3n) is 9.31. The molecule has 0 N–H and O–H groups in total. The van der Waals surface area contributed by atoms with Gasteiger partial charge in [-0.25, -0.2) is 13.5 Å². The molecule has 1 aliphatic heterocycles. The second-order valence-electron chi connectivity index (χ2n) is 13.9. The second kappa shape index (κ2) is 17.5. The zero-order valence-electron chi connectivity index (χ0n) is 30.7. The van der Waals surface area contributed by atoms with Crippen molar-refractivity contribution >= 4 is 21.3 Å². The number of benzene rings is 2. The van der Waals surface area contributed by atoms with Gasteiger partial charge in [-0.3, -0.25) is 19.3 Å². The number of ketones is 1. The van der Waals surface area contributed by atoms with E-state index < -0.39 is 29.5 Å². The lowest BCUT2D eigenvalue weighted by molar-refractivity contribution is -0.143. The van der Waals surface area contributed by atoms with Crippen LogP contribution in [0.3, 0.4) is 0 Å². The maximum Gasteiger partial charge on any atom is 0.306 e. The summed E-state index contributed by atoms with van der Waals surface area (Å²) in [5.74, 6) is -0.677. The van der Waals surface area contributed by atoms with Gasteiger partial charge >= 0.3 is 5.97 Å². The van der Waals surface area contributed by atoms with Crippen molar-refractivity contribution in [1.82, 2.24) is 14.7 Å². The summed E-state index contributed by atoms with van der Waals surface area (Å²) in [6.45, 7) is 14.9. The first-order chi connectivity index (χ1) is 23.7. The molecule has 0 aliphatic carbocycles. The smallest absolute Gasteiger partial charge is 0.306 e. The highest BCUT2D eigenvalue weighted by Gasteiger charge is 2.29. The van der Waals surface area contributed by atoms with Gasteiger partial charge < -0.3 is 9.47 Å². The maximum absolute atomic E-state index is 16.0. The molecule has 4 rings (SSSR count). The largest absolute Gasteiger partial charge is 0.497 e. The number of carbonyl (C=O) groups is 2. The van der Waals surface area contributed by atoms with Crippen molar-refractivity contribution in [2.75, 3.05) is 33.4 Å². The summed E-state index contributed by atoms with van der Waals surface area (Å²) < 4.78 is 41.5. The number of likely N-dealkylation sites (tertiary alicyclic amines) is 1. The first-order valence-electron chi connectivity index (χ1n) is 17.5. The summed E-state index contributed by atoms with van der Waals surface area (Å²) in [4.78, 5) is 42.3. The first-order valence-corrected chi connectivity index (χ1v) is 18.8. The van der Waals surface area contributed by atoms with E-state index in [-0.39, 0.29) is 46.7 Å². The van der Waals surface area contributed by atoms with Gasteiger partial charge in [0.2, 0.25) is 0 Å². The molecule has 50 heavy (non-hydrogen) atoms. The molecule has 1 aromatic heterocycles. The summed E-state index contributed by atoms with van der Waals surface area (Å²) in [6, 6.07) is 9.71. The van der Waals surface area contributed by atoms with Crippen molar-refractivity contribution < 1.29 is 27.8 Å². The van der Waals surface area contributed by atoms with Crippen LogP contribution in [0, 0.1) is 39.4 Å². The second-order valence-corrected chi connectivity index (χ2v) is 15.3.